The maximum atomic E-state index is 4.56. The molecule has 0 aromatic rings. The van der Waals surface area contributed by atoms with Crippen molar-refractivity contribution in [2.45, 2.75) is 46.1 Å². The van der Waals surface area contributed by atoms with Gasteiger partial charge in [0, 0.05) is 17.8 Å². The molecule has 1 heterocycles. The predicted molar refractivity (Wildman–Crippen MR) is 66.0 cm³/mol. The number of aliphatic imine (C=N–C) groups is 1. The number of nitrogens with one attached hydrogen (secondary N) is 1. The highest BCUT2D eigenvalue weighted by atomic mass is 32.2. The van der Waals surface area contributed by atoms with E-state index in [2.05, 4.69) is 38.0 Å². The molecular weight excluding hydrogens is 192 g/mol. The molecule has 1 fully saturated rings. The second-order valence-corrected chi connectivity index (χ2v) is 5.98. The van der Waals surface area contributed by atoms with E-state index in [9.17, 15) is 0 Å². The summed E-state index contributed by atoms with van der Waals surface area (Å²) in [5.41, 5.74) is 0.238. The van der Waals surface area contributed by atoms with Gasteiger partial charge in [-0.1, -0.05) is 25.6 Å². The van der Waals surface area contributed by atoms with Crippen LogP contribution in [0.25, 0.3) is 0 Å². The van der Waals surface area contributed by atoms with Crippen LogP contribution < -0.4 is 5.32 Å². The minimum Gasteiger partial charge on any atom is -0.359 e. The van der Waals surface area contributed by atoms with E-state index >= 15 is 0 Å². The topological polar surface area (TPSA) is 24.4 Å². The number of rotatable bonds is 4. The third kappa shape index (κ3) is 4.36. The van der Waals surface area contributed by atoms with Crippen LogP contribution in [0.1, 0.15) is 40.5 Å². The van der Waals surface area contributed by atoms with Crippen molar-refractivity contribution in [3.05, 3.63) is 0 Å². The molecule has 0 aromatic heterocycles. The molecule has 0 radical (unpaired) electrons. The van der Waals surface area contributed by atoms with E-state index in [1.165, 1.54) is 12.8 Å². The van der Waals surface area contributed by atoms with E-state index in [1.54, 1.807) is 0 Å². The molecule has 1 N–H and O–H groups in total. The fourth-order valence-electron chi connectivity index (χ4n) is 1.38. The molecule has 0 unspecified atom stereocenters. The lowest BCUT2D eigenvalue weighted by atomic mass is 10.1. The first kappa shape index (κ1) is 11.9. The van der Waals surface area contributed by atoms with Gasteiger partial charge in [0.2, 0.25) is 0 Å². The van der Waals surface area contributed by atoms with Crippen LogP contribution in [0.5, 0.6) is 0 Å². The normalized spacial score (nSPS) is 23.1. The average molecular weight is 214 g/mol. The fraction of sp³-hybridized carbons (Fsp3) is 0.909. The van der Waals surface area contributed by atoms with Crippen molar-refractivity contribution in [1.29, 1.82) is 0 Å². The van der Waals surface area contributed by atoms with E-state index in [-0.39, 0.29) is 5.54 Å². The van der Waals surface area contributed by atoms with E-state index in [0.717, 1.165) is 23.4 Å². The zero-order valence-corrected chi connectivity index (χ0v) is 10.6. The molecule has 14 heavy (non-hydrogen) atoms. The summed E-state index contributed by atoms with van der Waals surface area (Å²) in [6.45, 7) is 9.94. The van der Waals surface area contributed by atoms with E-state index in [4.69, 9.17) is 0 Å². The summed E-state index contributed by atoms with van der Waals surface area (Å²) in [7, 11) is 0. The summed E-state index contributed by atoms with van der Waals surface area (Å²) < 4.78 is 0. The Bertz CT molecular complexity index is 209. The summed E-state index contributed by atoms with van der Waals surface area (Å²) in [4.78, 5) is 4.56. The second-order valence-electron chi connectivity index (χ2n) is 5.02. The van der Waals surface area contributed by atoms with Gasteiger partial charge in [0.25, 0.3) is 0 Å². The Labute approximate surface area is 92.0 Å². The highest BCUT2D eigenvalue weighted by Gasteiger charge is 2.26. The third-order valence-electron chi connectivity index (χ3n) is 2.21. The van der Waals surface area contributed by atoms with Crippen LogP contribution in [0.3, 0.4) is 0 Å². The van der Waals surface area contributed by atoms with Crippen LogP contribution in [-0.2, 0) is 0 Å². The zero-order chi connectivity index (χ0) is 10.6. The Hall–Kier alpha value is -0.180. The lowest BCUT2D eigenvalue weighted by molar-refractivity contribution is 0.533. The van der Waals surface area contributed by atoms with Crippen LogP contribution in [0, 0.1) is 5.92 Å². The summed E-state index contributed by atoms with van der Waals surface area (Å²) in [6.07, 6.45) is 2.49. The SMILES string of the molecule is CC(C)CCCN=C1NC(C)(C)CS1. The van der Waals surface area contributed by atoms with Crippen molar-refractivity contribution in [2.24, 2.45) is 10.9 Å². The molecule has 0 saturated carbocycles. The van der Waals surface area contributed by atoms with Gasteiger partial charge in [-0.05, 0) is 32.6 Å². The number of nitrogens with zero attached hydrogens (tertiary/aromatic N) is 1. The second kappa shape index (κ2) is 5.06. The molecular formula is C11H22N2S. The maximum absolute atomic E-state index is 4.56. The average Bonchev–Trinajstić information content (AvgIpc) is 2.39. The Kier molecular flexibility index (Phi) is 4.30. The van der Waals surface area contributed by atoms with Crippen LogP contribution in [0.2, 0.25) is 0 Å². The summed E-state index contributed by atoms with van der Waals surface area (Å²) in [6, 6.07) is 0. The van der Waals surface area contributed by atoms with Crippen LogP contribution in [0.4, 0.5) is 0 Å². The van der Waals surface area contributed by atoms with Crippen molar-refractivity contribution in [2.75, 3.05) is 12.3 Å². The molecule has 2 nitrogen and oxygen atoms in total. The zero-order valence-electron chi connectivity index (χ0n) is 9.76. The number of amidine groups is 1. The molecule has 1 aliphatic rings. The summed E-state index contributed by atoms with van der Waals surface area (Å²) in [5, 5.41) is 4.57. The predicted octanol–water partition coefficient (Wildman–Crippen LogP) is 2.89. The van der Waals surface area contributed by atoms with Crippen molar-refractivity contribution < 1.29 is 0 Å². The highest BCUT2D eigenvalue weighted by Crippen LogP contribution is 2.22. The van der Waals surface area contributed by atoms with Crippen molar-refractivity contribution in [1.82, 2.24) is 5.32 Å². The highest BCUT2D eigenvalue weighted by molar-refractivity contribution is 8.14. The lowest BCUT2D eigenvalue weighted by Gasteiger charge is -2.15. The van der Waals surface area contributed by atoms with Gasteiger partial charge in [-0.3, -0.25) is 4.99 Å². The fourth-order valence-corrected chi connectivity index (χ4v) is 2.48. The van der Waals surface area contributed by atoms with E-state index in [0.29, 0.717) is 0 Å². The minimum atomic E-state index is 0.238. The number of hydrogen-bond donors (Lipinski definition) is 1. The molecule has 0 aromatic carbocycles. The van der Waals surface area contributed by atoms with Gasteiger partial charge in [0.05, 0.1) is 0 Å². The quantitative estimate of drug-likeness (QED) is 0.728. The third-order valence-corrected chi connectivity index (χ3v) is 3.58. The minimum absolute atomic E-state index is 0.238. The largest absolute Gasteiger partial charge is 0.359 e. The van der Waals surface area contributed by atoms with Gasteiger partial charge in [-0.15, -0.1) is 0 Å². The first-order valence-corrected chi connectivity index (χ1v) is 6.43. The van der Waals surface area contributed by atoms with Crippen molar-refractivity contribution in [3.63, 3.8) is 0 Å². The number of thioether (sulfide) groups is 1. The lowest BCUT2D eigenvalue weighted by Crippen LogP contribution is -2.36. The van der Waals surface area contributed by atoms with Crippen LogP contribution in [0.15, 0.2) is 4.99 Å². The Morgan fingerprint density at radius 2 is 2.21 bits per heavy atom. The summed E-state index contributed by atoms with van der Waals surface area (Å²) in [5.74, 6) is 1.94. The Morgan fingerprint density at radius 3 is 2.71 bits per heavy atom. The molecule has 0 aliphatic carbocycles. The van der Waals surface area contributed by atoms with Crippen molar-refractivity contribution >= 4 is 16.9 Å². The summed E-state index contributed by atoms with van der Waals surface area (Å²) >= 11 is 1.85. The van der Waals surface area contributed by atoms with Gasteiger partial charge in [0.1, 0.15) is 0 Å². The van der Waals surface area contributed by atoms with Gasteiger partial charge >= 0.3 is 0 Å². The standard InChI is InChI=1S/C11H22N2S/c1-9(2)6-5-7-12-10-13-11(3,4)8-14-10/h9H,5-8H2,1-4H3,(H,12,13). The molecule has 82 valence electrons. The smallest absolute Gasteiger partial charge is 0.157 e. The number of hydrogen-bond acceptors (Lipinski definition) is 2. The molecule has 0 spiro atoms. The van der Waals surface area contributed by atoms with Gasteiger partial charge < -0.3 is 5.32 Å². The van der Waals surface area contributed by atoms with Crippen LogP contribution >= 0.6 is 11.8 Å². The van der Waals surface area contributed by atoms with Crippen molar-refractivity contribution in [3.8, 4) is 0 Å². The Morgan fingerprint density at radius 1 is 1.50 bits per heavy atom. The van der Waals surface area contributed by atoms with Crippen LogP contribution in [-0.4, -0.2) is 23.0 Å². The molecule has 1 saturated heterocycles. The van der Waals surface area contributed by atoms with E-state index < -0.39 is 0 Å². The molecule has 1 rings (SSSR count). The molecule has 0 bridgehead atoms. The molecule has 3 heteroatoms. The molecule has 0 amide bonds. The molecule has 0 atom stereocenters. The Balaban J connectivity index is 2.20. The van der Waals surface area contributed by atoms with E-state index in [1.807, 2.05) is 11.8 Å². The monoisotopic (exact) mass is 214 g/mol. The van der Waals surface area contributed by atoms with Gasteiger partial charge in [0.15, 0.2) is 5.17 Å². The molecule has 1 aliphatic heterocycles. The first-order valence-electron chi connectivity index (χ1n) is 5.45. The van der Waals surface area contributed by atoms with Gasteiger partial charge in [-0.2, -0.15) is 0 Å². The first-order chi connectivity index (χ1) is 6.49. The van der Waals surface area contributed by atoms with Gasteiger partial charge in [-0.25, -0.2) is 0 Å². The maximum Gasteiger partial charge on any atom is 0.157 e.